The highest BCUT2D eigenvalue weighted by atomic mass is 19.4. The summed E-state index contributed by atoms with van der Waals surface area (Å²) in [6.07, 6.45) is -3.34. The predicted octanol–water partition coefficient (Wildman–Crippen LogP) is 3.05. The Morgan fingerprint density at radius 2 is 1.89 bits per heavy atom. The first-order chi connectivity index (χ1) is 13.3. The van der Waals surface area contributed by atoms with Crippen molar-refractivity contribution in [2.75, 3.05) is 26.2 Å². The number of H-pyrrole nitrogens is 1. The van der Waals surface area contributed by atoms with Crippen molar-refractivity contribution in [3.8, 4) is 0 Å². The summed E-state index contributed by atoms with van der Waals surface area (Å²) in [5.41, 5.74) is 0.0828. The molecule has 2 heterocycles. The van der Waals surface area contributed by atoms with Crippen molar-refractivity contribution >= 4 is 5.91 Å². The number of nitrogens with one attached hydrogen (secondary N) is 1. The van der Waals surface area contributed by atoms with E-state index in [1.807, 2.05) is 30.1 Å². The lowest BCUT2D eigenvalue weighted by molar-refractivity contribution is -0.137. The number of carbonyl (C=O) groups excluding carboxylic acids is 1. The summed E-state index contributed by atoms with van der Waals surface area (Å²) in [7, 11) is 0. The van der Waals surface area contributed by atoms with E-state index in [4.69, 9.17) is 0 Å². The number of carbonyl (C=O) groups is 1. The number of pyridine rings is 1. The SMILES string of the molecule is Cc1ccccc1CN1CCCN(C(=O)c2cc(C(F)(F)F)c[nH]c2=O)CC1. The zero-order valence-corrected chi connectivity index (χ0v) is 15.6. The Bertz CT molecular complexity index is 908. The Morgan fingerprint density at radius 1 is 1.14 bits per heavy atom. The molecule has 8 heteroatoms. The first-order valence-electron chi connectivity index (χ1n) is 9.12. The van der Waals surface area contributed by atoms with Crippen LogP contribution in [-0.4, -0.2) is 46.9 Å². The molecule has 0 bridgehead atoms. The summed E-state index contributed by atoms with van der Waals surface area (Å²) in [6.45, 7) is 4.93. The van der Waals surface area contributed by atoms with Crippen molar-refractivity contribution in [1.29, 1.82) is 0 Å². The Balaban J connectivity index is 1.71. The first kappa shape index (κ1) is 20.1. The number of halogens is 3. The minimum absolute atomic E-state index is 0.362. The summed E-state index contributed by atoms with van der Waals surface area (Å²) in [5, 5.41) is 0. The topological polar surface area (TPSA) is 56.4 Å². The quantitative estimate of drug-likeness (QED) is 0.872. The second kappa shape index (κ2) is 8.18. The lowest BCUT2D eigenvalue weighted by Gasteiger charge is -2.22. The second-order valence-corrected chi connectivity index (χ2v) is 6.98. The number of rotatable bonds is 3. The van der Waals surface area contributed by atoms with Crippen LogP contribution in [0.25, 0.3) is 0 Å². The number of aromatic nitrogens is 1. The summed E-state index contributed by atoms with van der Waals surface area (Å²) >= 11 is 0. The number of benzene rings is 1. The van der Waals surface area contributed by atoms with E-state index in [1.54, 1.807) is 0 Å². The molecule has 1 aromatic heterocycles. The molecule has 150 valence electrons. The normalized spacial score (nSPS) is 16.1. The van der Waals surface area contributed by atoms with Gasteiger partial charge < -0.3 is 9.88 Å². The van der Waals surface area contributed by atoms with Gasteiger partial charge in [0.15, 0.2) is 0 Å². The van der Waals surface area contributed by atoms with E-state index in [0.29, 0.717) is 38.3 Å². The van der Waals surface area contributed by atoms with Gasteiger partial charge in [-0.2, -0.15) is 13.2 Å². The van der Waals surface area contributed by atoms with Gasteiger partial charge >= 0.3 is 6.18 Å². The minimum atomic E-state index is -4.62. The van der Waals surface area contributed by atoms with Crippen LogP contribution in [0.3, 0.4) is 0 Å². The molecule has 0 saturated carbocycles. The maximum absolute atomic E-state index is 12.9. The molecule has 1 N–H and O–H groups in total. The molecule has 1 fully saturated rings. The number of amides is 1. The molecule has 1 aliphatic rings. The third-order valence-electron chi connectivity index (χ3n) is 4.99. The fourth-order valence-corrected chi connectivity index (χ4v) is 3.34. The van der Waals surface area contributed by atoms with Crippen LogP contribution in [0.5, 0.6) is 0 Å². The fourth-order valence-electron chi connectivity index (χ4n) is 3.34. The molecular formula is C20H22F3N3O2. The molecule has 0 radical (unpaired) electrons. The lowest BCUT2D eigenvalue weighted by Crippen LogP contribution is -2.38. The van der Waals surface area contributed by atoms with Crippen molar-refractivity contribution in [2.24, 2.45) is 0 Å². The van der Waals surface area contributed by atoms with Gasteiger partial charge in [0, 0.05) is 38.9 Å². The van der Waals surface area contributed by atoms with E-state index in [-0.39, 0.29) is 0 Å². The average Bonchev–Trinajstić information content (AvgIpc) is 2.88. The van der Waals surface area contributed by atoms with Gasteiger partial charge in [-0.3, -0.25) is 14.5 Å². The molecule has 1 aliphatic heterocycles. The molecule has 28 heavy (non-hydrogen) atoms. The van der Waals surface area contributed by atoms with Gasteiger partial charge in [-0.15, -0.1) is 0 Å². The number of aromatic amines is 1. The van der Waals surface area contributed by atoms with Crippen LogP contribution in [-0.2, 0) is 12.7 Å². The Morgan fingerprint density at radius 3 is 2.61 bits per heavy atom. The van der Waals surface area contributed by atoms with Crippen LogP contribution in [0.1, 0.15) is 33.5 Å². The van der Waals surface area contributed by atoms with Crippen LogP contribution in [0.4, 0.5) is 13.2 Å². The van der Waals surface area contributed by atoms with Gasteiger partial charge in [0.1, 0.15) is 5.56 Å². The van der Waals surface area contributed by atoms with E-state index in [0.717, 1.165) is 13.1 Å². The van der Waals surface area contributed by atoms with E-state index < -0.39 is 28.8 Å². The highest BCUT2D eigenvalue weighted by Gasteiger charge is 2.33. The smallest absolute Gasteiger partial charge is 0.337 e. The van der Waals surface area contributed by atoms with E-state index in [2.05, 4.69) is 11.0 Å². The lowest BCUT2D eigenvalue weighted by atomic mass is 10.1. The molecule has 1 saturated heterocycles. The van der Waals surface area contributed by atoms with Crippen molar-refractivity contribution in [1.82, 2.24) is 14.8 Å². The molecule has 0 atom stereocenters. The van der Waals surface area contributed by atoms with Gasteiger partial charge in [-0.1, -0.05) is 24.3 Å². The largest absolute Gasteiger partial charge is 0.417 e. The summed E-state index contributed by atoms with van der Waals surface area (Å²) in [5.74, 6) is -0.662. The number of hydrogen-bond donors (Lipinski definition) is 1. The third-order valence-corrected chi connectivity index (χ3v) is 4.99. The third kappa shape index (κ3) is 4.62. The van der Waals surface area contributed by atoms with Crippen LogP contribution in [0.2, 0.25) is 0 Å². The second-order valence-electron chi connectivity index (χ2n) is 6.98. The van der Waals surface area contributed by atoms with E-state index in [1.165, 1.54) is 16.0 Å². The summed E-state index contributed by atoms with van der Waals surface area (Å²) < 4.78 is 38.7. The van der Waals surface area contributed by atoms with Crippen LogP contribution in [0, 0.1) is 6.92 Å². The highest BCUT2D eigenvalue weighted by Crippen LogP contribution is 2.28. The number of aryl methyl sites for hydroxylation is 1. The molecule has 0 spiro atoms. The van der Waals surface area contributed by atoms with Gasteiger partial charge in [0.25, 0.3) is 11.5 Å². The monoisotopic (exact) mass is 393 g/mol. The Labute approximate surface area is 160 Å². The number of nitrogens with zero attached hydrogens (tertiary/aromatic N) is 2. The van der Waals surface area contributed by atoms with Crippen LogP contribution < -0.4 is 5.56 Å². The van der Waals surface area contributed by atoms with Crippen LogP contribution >= 0.6 is 0 Å². The predicted molar refractivity (Wildman–Crippen MR) is 99.0 cm³/mol. The summed E-state index contributed by atoms with van der Waals surface area (Å²) in [6, 6.07) is 8.70. The molecule has 1 aromatic carbocycles. The van der Waals surface area contributed by atoms with Crippen molar-refractivity contribution < 1.29 is 18.0 Å². The molecule has 0 unspecified atom stereocenters. The molecule has 1 amide bonds. The standard InChI is InChI=1S/C20H22F3N3O2/c1-14-5-2-3-6-15(14)13-25-7-4-8-26(10-9-25)19(28)17-11-16(20(21,22)23)12-24-18(17)27/h2-3,5-6,11-12H,4,7-10,13H2,1H3,(H,24,27). The maximum atomic E-state index is 12.9. The van der Waals surface area contributed by atoms with Crippen molar-refractivity contribution in [3.05, 3.63) is 69.1 Å². The first-order valence-corrected chi connectivity index (χ1v) is 9.12. The Hall–Kier alpha value is -2.61. The Kier molecular flexibility index (Phi) is 5.88. The zero-order chi connectivity index (χ0) is 20.3. The highest BCUT2D eigenvalue weighted by molar-refractivity contribution is 5.94. The van der Waals surface area contributed by atoms with Gasteiger partial charge in [0.05, 0.1) is 5.56 Å². The average molecular weight is 393 g/mol. The molecule has 5 nitrogen and oxygen atoms in total. The van der Waals surface area contributed by atoms with Crippen molar-refractivity contribution in [2.45, 2.75) is 26.1 Å². The van der Waals surface area contributed by atoms with Crippen LogP contribution in [0.15, 0.2) is 41.3 Å². The fraction of sp³-hybridized carbons (Fsp3) is 0.400. The zero-order valence-electron chi connectivity index (χ0n) is 15.6. The molecule has 2 aromatic rings. The molecular weight excluding hydrogens is 371 g/mol. The minimum Gasteiger partial charge on any atom is -0.337 e. The number of alkyl halides is 3. The van der Waals surface area contributed by atoms with Gasteiger partial charge in [0.2, 0.25) is 0 Å². The molecule has 3 rings (SSSR count). The van der Waals surface area contributed by atoms with E-state index >= 15 is 0 Å². The summed E-state index contributed by atoms with van der Waals surface area (Å²) in [4.78, 5) is 30.3. The van der Waals surface area contributed by atoms with Crippen molar-refractivity contribution in [3.63, 3.8) is 0 Å². The van der Waals surface area contributed by atoms with Gasteiger partial charge in [-0.05, 0) is 30.5 Å². The molecule has 0 aliphatic carbocycles. The number of hydrogen-bond acceptors (Lipinski definition) is 3. The maximum Gasteiger partial charge on any atom is 0.417 e. The van der Waals surface area contributed by atoms with E-state index in [9.17, 15) is 22.8 Å². The van der Waals surface area contributed by atoms with Gasteiger partial charge in [-0.25, -0.2) is 0 Å².